The zero-order valence-electron chi connectivity index (χ0n) is 28.6. The lowest BCUT2D eigenvalue weighted by Crippen LogP contribution is -2.16. The molecule has 0 N–H and O–H groups in total. The molecule has 0 atom stereocenters. The summed E-state index contributed by atoms with van der Waals surface area (Å²) in [6.07, 6.45) is 0. The predicted octanol–water partition coefficient (Wildman–Crippen LogP) is 14.3. The zero-order chi connectivity index (χ0) is 34.1. The monoisotopic (exact) mass is 669 g/mol. The number of benzene rings is 8. The first-order valence-electron chi connectivity index (χ1n) is 17.7. The average Bonchev–Trinajstić information content (AvgIpc) is 3.67. The summed E-state index contributed by atoms with van der Waals surface area (Å²) < 4.78 is 2.66. The number of hydrogen-bond donors (Lipinski definition) is 0. The van der Waals surface area contributed by atoms with E-state index in [-0.39, 0.29) is 5.41 Å². The van der Waals surface area contributed by atoms with Crippen molar-refractivity contribution in [3.8, 4) is 33.4 Å². The summed E-state index contributed by atoms with van der Waals surface area (Å²) in [6.45, 7) is 4.71. The van der Waals surface area contributed by atoms with Crippen LogP contribution in [0.3, 0.4) is 0 Å². The Kier molecular flexibility index (Phi) is 6.78. The molecule has 1 aliphatic rings. The molecule has 242 valence electrons. The van der Waals surface area contributed by atoms with Crippen LogP contribution in [0.1, 0.15) is 25.0 Å². The Labute approximate surface area is 302 Å². The van der Waals surface area contributed by atoms with E-state index >= 15 is 0 Å². The first-order valence-corrected chi connectivity index (χ1v) is 18.5. The molecular formula is C49H35NS. The van der Waals surface area contributed by atoms with E-state index in [9.17, 15) is 0 Å². The predicted molar refractivity (Wildman–Crippen MR) is 220 cm³/mol. The summed E-state index contributed by atoms with van der Waals surface area (Å²) >= 11 is 1.88. The molecule has 2 heteroatoms. The highest BCUT2D eigenvalue weighted by molar-refractivity contribution is 7.26. The van der Waals surface area contributed by atoms with E-state index in [0.29, 0.717) is 0 Å². The van der Waals surface area contributed by atoms with Crippen molar-refractivity contribution < 1.29 is 0 Å². The third-order valence-electron chi connectivity index (χ3n) is 10.9. The Balaban J connectivity index is 1.15. The fourth-order valence-corrected chi connectivity index (χ4v) is 9.57. The first kappa shape index (κ1) is 29.9. The van der Waals surface area contributed by atoms with Gasteiger partial charge in [-0.25, -0.2) is 0 Å². The number of nitrogens with zero attached hydrogens (tertiary/aromatic N) is 1. The fourth-order valence-electron chi connectivity index (χ4n) is 8.41. The maximum atomic E-state index is 2.44. The third-order valence-corrected chi connectivity index (χ3v) is 12.0. The van der Waals surface area contributed by atoms with Gasteiger partial charge in [0.15, 0.2) is 0 Å². The molecule has 0 saturated carbocycles. The molecule has 9 aromatic rings. The summed E-state index contributed by atoms with van der Waals surface area (Å²) in [7, 11) is 0. The highest BCUT2D eigenvalue weighted by atomic mass is 32.1. The minimum absolute atomic E-state index is 0.0945. The Bertz CT molecular complexity index is 2770. The van der Waals surface area contributed by atoms with E-state index in [1.807, 2.05) is 11.3 Å². The Morgan fingerprint density at radius 3 is 1.84 bits per heavy atom. The second-order valence-electron chi connectivity index (χ2n) is 14.1. The van der Waals surface area contributed by atoms with Gasteiger partial charge in [-0.05, 0) is 92.2 Å². The number of anilines is 3. The van der Waals surface area contributed by atoms with Gasteiger partial charge < -0.3 is 4.90 Å². The minimum Gasteiger partial charge on any atom is -0.310 e. The van der Waals surface area contributed by atoms with Crippen molar-refractivity contribution in [2.24, 2.45) is 0 Å². The summed E-state index contributed by atoms with van der Waals surface area (Å²) in [5.41, 5.74) is 13.7. The van der Waals surface area contributed by atoms with Crippen molar-refractivity contribution in [3.05, 3.63) is 187 Å². The number of para-hydroxylation sites is 1. The molecule has 1 heterocycles. The van der Waals surface area contributed by atoms with Gasteiger partial charge in [-0.2, -0.15) is 0 Å². The van der Waals surface area contributed by atoms with Gasteiger partial charge in [0, 0.05) is 42.5 Å². The number of fused-ring (bicyclic) bond motifs is 8. The van der Waals surface area contributed by atoms with E-state index in [4.69, 9.17) is 0 Å². The lowest BCUT2D eigenvalue weighted by atomic mass is 9.82. The SMILES string of the molecule is CC1(C)c2ccccc2-c2ccc(N(c3ccc(-c4cc5sc6ccccc6c5c5ccccc45)cc3)c3ccccc3-c3ccccc3)cc21. The van der Waals surface area contributed by atoms with Crippen LogP contribution in [0.5, 0.6) is 0 Å². The molecule has 51 heavy (non-hydrogen) atoms. The third kappa shape index (κ3) is 4.67. The molecule has 0 unspecified atom stereocenters. The Morgan fingerprint density at radius 2 is 1.02 bits per heavy atom. The molecule has 1 aromatic heterocycles. The van der Waals surface area contributed by atoms with E-state index in [1.54, 1.807) is 0 Å². The normalized spacial score (nSPS) is 13.1. The van der Waals surface area contributed by atoms with Gasteiger partial charge in [0.05, 0.1) is 5.69 Å². The maximum absolute atomic E-state index is 2.44. The first-order chi connectivity index (χ1) is 25.1. The molecule has 0 fully saturated rings. The number of rotatable bonds is 5. The molecule has 0 radical (unpaired) electrons. The lowest BCUT2D eigenvalue weighted by Gasteiger charge is -2.30. The molecule has 0 saturated heterocycles. The highest BCUT2D eigenvalue weighted by Crippen LogP contribution is 2.51. The summed E-state index contributed by atoms with van der Waals surface area (Å²) in [6, 6.07) is 64.8. The summed E-state index contributed by atoms with van der Waals surface area (Å²) in [4.78, 5) is 2.44. The van der Waals surface area contributed by atoms with E-state index < -0.39 is 0 Å². The van der Waals surface area contributed by atoms with Crippen LogP contribution in [-0.4, -0.2) is 0 Å². The average molecular weight is 670 g/mol. The van der Waals surface area contributed by atoms with Gasteiger partial charge in [0.25, 0.3) is 0 Å². The van der Waals surface area contributed by atoms with Crippen molar-refractivity contribution in [2.75, 3.05) is 4.90 Å². The van der Waals surface area contributed by atoms with E-state index in [0.717, 1.165) is 17.1 Å². The van der Waals surface area contributed by atoms with Crippen molar-refractivity contribution >= 4 is 59.3 Å². The van der Waals surface area contributed by atoms with Crippen LogP contribution in [0.15, 0.2) is 176 Å². The maximum Gasteiger partial charge on any atom is 0.0540 e. The topological polar surface area (TPSA) is 3.24 Å². The van der Waals surface area contributed by atoms with E-state index in [2.05, 4.69) is 195 Å². The molecule has 0 amide bonds. The molecule has 0 spiro atoms. The van der Waals surface area contributed by atoms with Crippen molar-refractivity contribution in [1.29, 1.82) is 0 Å². The largest absolute Gasteiger partial charge is 0.310 e. The Hall–Kier alpha value is -5.96. The fraction of sp³-hybridized carbons (Fsp3) is 0.0612. The van der Waals surface area contributed by atoms with Crippen LogP contribution in [0.25, 0.3) is 64.3 Å². The zero-order valence-corrected chi connectivity index (χ0v) is 29.4. The van der Waals surface area contributed by atoms with Gasteiger partial charge in [-0.1, -0.05) is 147 Å². The molecule has 1 nitrogen and oxygen atoms in total. The quantitative estimate of drug-likeness (QED) is 0.176. The highest BCUT2D eigenvalue weighted by Gasteiger charge is 2.35. The van der Waals surface area contributed by atoms with Crippen molar-refractivity contribution in [2.45, 2.75) is 19.3 Å². The summed E-state index contributed by atoms with van der Waals surface area (Å²) in [5.74, 6) is 0. The van der Waals surface area contributed by atoms with Gasteiger partial charge in [0.1, 0.15) is 0 Å². The van der Waals surface area contributed by atoms with Gasteiger partial charge in [0.2, 0.25) is 0 Å². The van der Waals surface area contributed by atoms with Gasteiger partial charge in [-0.3, -0.25) is 0 Å². The molecule has 0 aliphatic heterocycles. The van der Waals surface area contributed by atoms with Crippen LogP contribution in [0.2, 0.25) is 0 Å². The van der Waals surface area contributed by atoms with Crippen LogP contribution >= 0.6 is 11.3 Å². The number of hydrogen-bond acceptors (Lipinski definition) is 2. The second-order valence-corrected chi connectivity index (χ2v) is 15.2. The number of thiophene rings is 1. The molecule has 10 rings (SSSR count). The van der Waals surface area contributed by atoms with Gasteiger partial charge in [-0.15, -0.1) is 11.3 Å². The second kappa shape index (κ2) is 11.6. The Morgan fingerprint density at radius 1 is 0.412 bits per heavy atom. The van der Waals surface area contributed by atoms with Crippen LogP contribution in [-0.2, 0) is 5.41 Å². The molecule has 8 aromatic carbocycles. The molecular weight excluding hydrogens is 635 g/mol. The minimum atomic E-state index is -0.0945. The van der Waals surface area contributed by atoms with Crippen LogP contribution in [0, 0.1) is 0 Å². The molecule has 0 bridgehead atoms. The van der Waals surface area contributed by atoms with Crippen LogP contribution in [0.4, 0.5) is 17.1 Å². The van der Waals surface area contributed by atoms with Crippen LogP contribution < -0.4 is 4.90 Å². The lowest BCUT2D eigenvalue weighted by molar-refractivity contribution is 0.660. The van der Waals surface area contributed by atoms with Gasteiger partial charge >= 0.3 is 0 Å². The van der Waals surface area contributed by atoms with Crippen molar-refractivity contribution in [3.63, 3.8) is 0 Å². The standard InChI is InChI=1S/C49H35NS/c1-49(2)43-21-11-8-18-38(43)39-29-28-35(30-44(39)49)50(45-22-12-9-16-36(45)32-14-4-3-5-15-32)34-26-24-33(25-27-34)42-31-47-48(40-19-7-6-17-37(40)42)41-20-10-13-23-46(41)51-47/h3-31H,1-2H3. The van der Waals surface area contributed by atoms with Crippen molar-refractivity contribution in [1.82, 2.24) is 0 Å². The van der Waals surface area contributed by atoms with E-state index in [1.165, 1.54) is 75.5 Å². The summed E-state index contributed by atoms with van der Waals surface area (Å²) in [5, 5.41) is 5.29. The molecule has 1 aliphatic carbocycles. The smallest absolute Gasteiger partial charge is 0.0540 e.